The van der Waals surface area contributed by atoms with Crippen molar-refractivity contribution in [1.29, 1.82) is 0 Å². The summed E-state index contributed by atoms with van der Waals surface area (Å²) in [6, 6.07) is 16.9. The highest BCUT2D eigenvalue weighted by molar-refractivity contribution is 5.91. The third kappa shape index (κ3) is 13.2. The largest absolute Gasteiger partial charge is 0.462 e. The Bertz CT molecular complexity index is 2070. The van der Waals surface area contributed by atoms with Crippen molar-refractivity contribution in [3.63, 3.8) is 0 Å². The van der Waals surface area contributed by atoms with Gasteiger partial charge in [0.1, 0.15) is 66.3 Å². The highest BCUT2D eigenvalue weighted by atomic mass is 16.6. The van der Waals surface area contributed by atoms with Crippen LogP contribution in [0.5, 0.6) is 23.0 Å². The molecule has 3 aromatic rings. The van der Waals surface area contributed by atoms with Crippen LogP contribution in [0.25, 0.3) is 11.1 Å². The van der Waals surface area contributed by atoms with Crippen molar-refractivity contribution in [1.82, 2.24) is 0 Å². The lowest BCUT2D eigenvalue weighted by Crippen LogP contribution is -2.09. The number of hydrogen-bond acceptors (Lipinski definition) is 10. The molecule has 0 radical (unpaired) electrons. The second-order valence-corrected chi connectivity index (χ2v) is 11.2. The van der Waals surface area contributed by atoms with E-state index in [2.05, 4.69) is 44.7 Å². The van der Waals surface area contributed by atoms with Crippen LogP contribution in [0.1, 0.15) is 38.8 Å². The van der Waals surface area contributed by atoms with Gasteiger partial charge in [-0.1, -0.05) is 56.9 Å². The second-order valence-electron chi connectivity index (χ2n) is 11.2. The van der Waals surface area contributed by atoms with E-state index in [1.807, 2.05) is 0 Å². The summed E-state index contributed by atoms with van der Waals surface area (Å²) in [6.45, 7) is 24.7. The van der Waals surface area contributed by atoms with Crippen molar-refractivity contribution in [3.05, 3.63) is 170 Å². The molecule has 270 valence electrons. The lowest BCUT2D eigenvalue weighted by Gasteiger charge is -2.14. The van der Waals surface area contributed by atoms with Crippen LogP contribution in [-0.4, -0.2) is 17.9 Å². The molecule has 0 amide bonds. The van der Waals surface area contributed by atoms with Crippen molar-refractivity contribution >= 4 is 17.9 Å². The van der Waals surface area contributed by atoms with Gasteiger partial charge < -0.3 is 33.2 Å². The smallest absolute Gasteiger partial charge is 0.338 e. The van der Waals surface area contributed by atoms with Gasteiger partial charge in [0.25, 0.3) is 0 Å². The monoisotopic (exact) mass is 714 g/mol. The normalized spacial score (nSPS) is 10.5. The molecule has 0 saturated carbocycles. The number of rotatable bonds is 16. The molecule has 0 saturated heterocycles. The van der Waals surface area contributed by atoms with Gasteiger partial charge in [0.05, 0.1) is 5.56 Å². The number of esters is 3. The quantitative estimate of drug-likeness (QED) is 0.0355. The molecule has 0 heterocycles. The first kappa shape index (κ1) is 40.2. The van der Waals surface area contributed by atoms with E-state index in [9.17, 15) is 14.4 Å². The lowest BCUT2D eigenvalue weighted by atomic mass is 10.0. The van der Waals surface area contributed by atoms with Crippen molar-refractivity contribution in [3.8, 4) is 46.0 Å². The van der Waals surface area contributed by atoms with Gasteiger partial charge in [0, 0.05) is 33.9 Å². The van der Waals surface area contributed by atoms with Crippen LogP contribution in [0.15, 0.2) is 159 Å². The second kappa shape index (κ2) is 19.8. The predicted molar refractivity (Wildman–Crippen MR) is 201 cm³/mol. The van der Waals surface area contributed by atoms with E-state index < -0.39 is 17.9 Å². The summed E-state index contributed by atoms with van der Waals surface area (Å²) < 4.78 is 37.9. The van der Waals surface area contributed by atoms with Crippen LogP contribution < -0.4 is 18.9 Å². The summed E-state index contributed by atoms with van der Waals surface area (Å²) in [6.07, 6.45) is 7.30. The minimum absolute atomic E-state index is 0.189. The maximum Gasteiger partial charge on any atom is 0.338 e. The maximum absolute atomic E-state index is 12.7. The Balaban J connectivity index is 1.98. The van der Waals surface area contributed by atoms with Crippen molar-refractivity contribution in [2.75, 3.05) is 0 Å². The molecule has 0 aliphatic heterocycles. The van der Waals surface area contributed by atoms with E-state index >= 15 is 0 Å². The molecule has 0 bridgehead atoms. The van der Waals surface area contributed by atoms with Gasteiger partial charge in [0.2, 0.25) is 0 Å². The molecule has 0 atom stereocenters. The molecule has 0 aliphatic carbocycles. The number of carbonyl (C=O) groups excluding carboxylic acids is 3. The summed E-state index contributed by atoms with van der Waals surface area (Å²) in [5, 5.41) is 0. The lowest BCUT2D eigenvalue weighted by molar-refractivity contribution is -0.134. The van der Waals surface area contributed by atoms with Crippen LogP contribution in [0.2, 0.25) is 0 Å². The zero-order chi connectivity index (χ0) is 38.9. The van der Waals surface area contributed by atoms with Gasteiger partial charge in [-0.05, 0) is 81.3 Å². The Labute approximate surface area is 308 Å². The van der Waals surface area contributed by atoms with E-state index in [1.54, 1.807) is 67.6 Å². The van der Waals surface area contributed by atoms with Crippen LogP contribution in [0.3, 0.4) is 0 Å². The van der Waals surface area contributed by atoms with Crippen molar-refractivity contribution < 1.29 is 47.5 Å². The van der Waals surface area contributed by atoms with Gasteiger partial charge in [-0.25, -0.2) is 14.4 Å². The summed E-state index contributed by atoms with van der Waals surface area (Å²) in [7, 11) is 0. The Hall–Kier alpha value is -7.25. The first-order chi connectivity index (χ1) is 25.2. The molecule has 0 spiro atoms. The molecule has 10 nitrogen and oxygen atoms in total. The molecular formula is C43H38O10. The van der Waals surface area contributed by atoms with Crippen molar-refractivity contribution in [2.45, 2.75) is 27.7 Å². The highest BCUT2D eigenvalue weighted by Crippen LogP contribution is 2.37. The average molecular weight is 715 g/mol. The van der Waals surface area contributed by atoms with Gasteiger partial charge >= 0.3 is 17.9 Å². The molecule has 0 N–H and O–H groups in total. The third-order valence-corrected chi connectivity index (χ3v) is 6.50. The van der Waals surface area contributed by atoms with Crippen LogP contribution in [0.4, 0.5) is 0 Å². The van der Waals surface area contributed by atoms with Gasteiger partial charge in [-0.3, -0.25) is 0 Å². The Morgan fingerprint density at radius 2 is 1.02 bits per heavy atom. The zero-order valence-electron chi connectivity index (χ0n) is 29.9. The van der Waals surface area contributed by atoms with E-state index in [4.69, 9.17) is 33.2 Å². The molecule has 0 aromatic heterocycles. The van der Waals surface area contributed by atoms with Gasteiger partial charge in [0.15, 0.2) is 0 Å². The molecule has 3 aromatic carbocycles. The Morgan fingerprint density at radius 1 is 0.528 bits per heavy atom. The molecule has 0 unspecified atom stereocenters. The number of ether oxygens (including phenoxy) is 7. The predicted octanol–water partition coefficient (Wildman–Crippen LogP) is 9.13. The molecule has 53 heavy (non-hydrogen) atoms. The first-order valence-electron chi connectivity index (χ1n) is 15.7. The Morgan fingerprint density at radius 3 is 1.53 bits per heavy atom. The summed E-state index contributed by atoms with van der Waals surface area (Å²) >= 11 is 0. The molecule has 10 heteroatoms. The fraction of sp³-hybridized carbons (Fsp3) is 0.0930. The van der Waals surface area contributed by atoms with E-state index in [-0.39, 0.29) is 22.5 Å². The molecule has 0 fully saturated rings. The number of allylic oxidation sites excluding steroid dienone is 1. The fourth-order valence-electron chi connectivity index (χ4n) is 3.63. The maximum atomic E-state index is 12.7. The standard InChI is InChI=1S/C43H38O10/c1-28(2)32(9)47-20-23-50-39-27-38(34-14-18-37(19-15-34)49-22-25-52-42(45)30(5)6)40(53-43(46)31(7)8)26-35(39)13-10-33-11-16-36(17-12-33)48-21-24-51-41(44)29(3)4/h11-12,14-27H,1,3,5,7,9H2,2,4,6,8H3/b23-20+,24-21+,25-22+. The summed E-state index contributed by atoms with van der Waals surface area (Å²) in [4.78, 5) is 35.8. The summed E-state index contributed by atoms with van der Waals surface area (Å²) in [5.74, 6) is 6.13. The van der Waals surface area contributed by atoms with Crippen LogP contribution in [0, 0.1) is 11.8 Å². The van der Waals surface area contributed by atoms with Crippen molar-refractivity contribution in [2.24, 2.45) is 0 Å². The van der Waals surface area contributed by atoms with E-state index in [0.29, 0.717) is 50.8 Å². The minimum Gasteiger partial charge on any atom is -0.462 e. The van der Waals surface area contributed by atoms with E-state index in [0.717, 1.165) is 12.5 Å². The minimum atomic E-state index is -0.640. The first-order valence-corrected chi connectivity index (χ1v) is 15.7. The number of benzene rings is 3. The molecule has 3 rings (SSSR count). The number of hydrogen-bond donors (Lipinski definition) is 0. The van der Waals surface area contributed by atoms with Gasteiger partial charge in [-0.15, -0.1) is 0 Å². The average Bonchev–Trinajstić information content (AvgIpc) is 3.13. The Kier molecular flexibility index (Phi) is 15.0. The fourth-order valence-corrected chi connectivity index (χ4v) is 3.63. The summed E-state index contributed by atoms with van der Waals surface area (Å²) in [5.41, 5.74) is 3.46. The molecular weight excluding hydrogens is 676 g/mol. The number of carbonyl (C=O) groups is 3. The van der Waals surface area contributed by atoms with Gasteiger partial charge in [-0.2, -0.15) is 0 Å². The highest BCUT2D eigenvalue weighted by Gasteiger charge is 2.17. The zero-order valence-corrected chi connectivity index (χ0v) is 29.9. The van der Waals surface area contributed by atoms with Crippen LogP contribution in [-0.2, 0) is 28.6 Å². The van der Waals surface area contributed by atoms with E-state index in [1.165, 1.54) is 45.8 Å². The van der Waals surface area contributed by atoms with Crippen LogP contribution >= 0.6 is 0 Å². The third-order valence-electron chi connectivity index (χ3n) is 6.50. The SMILES string of the molecule is C=C(C)C(=C)O/C=C/Oc1cc(-c2ccc(O/C=C/OC(=O)C(=C)C)cc2)c(OC(=O)C(=C)C)cc1C#Cc1ccc(O/C=C/OC(=O)C(=C)C)cc1. The topological polar surface area (TPSA) is 116 Å². The molecule has 0 aliphatic rings.